The molecule has 1 amide bonds. The van der Waals surface area contributed by atoms with Gasteiger partial charge in [-0.2, -0.15) is 23.5 Å². The number of para-hydroxylation sites is 2. The Balaban J connectivity index is 0.000000249. The molecule has 4 aromatic heterocycles. The number of carbonyl (C=O) groups excluding carboxylic acids is 1. The molecule has 780 valence electrons. The van der Waals surface area contributed by atoms with Crippen molar-refractivity contribution < 1.29 is 64.3 Å². The monoisotopic (exact) mass is 1990 g/mol. The van der Waals surface area contributed by atoms with Crippen LogP contribution in [0.25, 0.3) is 10.9 Å². The van der Waals surface area contributed by atoms with Crippen LogP contribution in [0.4, 0.5) is 13.2 Å². The van der Waals surface area contributed by atoms with Gasteiger partial charge in [-0.1, -0.05) is 269 Å². The van der Waals surface area contributed by atoms with Crippen LogP contribution in [0.3, 0.4) is 0 Å². The van der Waals surface area contributed by atoms with E-state index in [1.807, 2.05) is 140 Å². The fourth-order valence-corrected chi connectivity index (χ4v) is 15.1. The molecule has 0 aliphatic carbocycles. The van der Waals surface area contributed by atoms with E-state index in [1.165, 1.54) is 74.1 Å². The van der Waals surface area contributed by atoms with Crippen LogP contribution in [-0.4, -0.2) is 110 Å². The molecule has 1 saturated heterocycles. The Labute approximate surface area is 859 Å². The fraction of sp³-hybridized carbons (Fsp3) is 0.455. The van der Waals surface area contributed by atoms with Gasteiger partial charge in [-0.3, -0.25) is 19.6 Å². The van der Waals surface area contributed by atoms with Gasteiger partial charge in [0.25, 0.3) is 11.5 Å². The molecule has 0 radical (unpaired) electrons. The van der Waals surface area contributed by atoms with Gasteiger partial charge in [0.05, 0.1) is 75.4 Å². The van der Waals surface area contributed by atoms with Gasteiger partial charge in [-0.05, 0) is 255 Å². The third-order valence-corrected chi connectivity index (χ3v) is 24.1. The van der Waals surface area contributed by atoms with Gasteiger partial charge in [0.2, 0.25) is 0 Å². The van der Waals surface area contributed by atoms with Crippen LogP contribution in [0.1, 0.15) is 254 Å². The van der Waals surface area contributed by atoms with E-state index in [-0.39, 0.29) is 32.6 Å². The lowest BCUT2D eigenvalue weighted by atomic mass is 9.75. The van der Waals surface area contributed by atoms with Crippen molar-refractivity contribution in [2.45, 2.75) is 265 Å². The van der Waals surface area contributed by atoms with Crippen molar-refractivity contribution in [1.82, 2.24) is 29.2 Å². The second-order valence-corrected chi connectivity index (χ2v) is 47.0. The maximum atomic E-state index is 13.0. The molecule has 0 spiro atoms. The molecule has 0 saturated carbocycles. The number of alkyl halides is 3. The summed E-state index contributed by atoms with van der Waals surface area (Å²) in [5.74, 6) is 6.69. The molecule has 12 aromatic rings. The second kappa shape index (κ2) is 56.3. The highest BCUT2D eigenvalue weighted by Gasteiger charge is 2.39. The van der Waals surface area contributed by atoms with Crippen LogP contribution in [0.5, 0.6) is 46.0 Å². The number of fused-ring (bicyclic) bond motifs is 2. The molecule has 8 aromatic carbocycles. The molecule has 144 heavy (non-hydrogen) atoms. The lowest BCUT2D eigenvalue weighted by Crippen LogP contribution is -2.42. The van der Waals surface area contributed by atoms with Crippen LogP contribution in [-0.2, 0) is 76.0 Å². The highest BCUT2D eigenvalue weighted by atomic mass is 32.2. The number of sulfone groups is 1. The van der Waals surface area contributed by atoms with Gasteiger partial charge in [-0.25, -0.2) is 13.1 Å². The molecule has 19 nitrogen and oxygen atoms in total. The van der Waals surface area contributed by atoms with E-state index in [9.17, 15) is 31.2 Å². The summed E-state index contributed by atoms with van der Waals surface area (Å²) in [5, 5.41) is 14.1. The predicted molar refractivity (Wildman–Crippen MR) is 581 cm³/mol. The largest absolute Gasteiger partial charge is 0.497 e. The summed E-state index contributed by atoms with van der Waals surface area (Å²) in [6.45, 7) is 60.8. The molecule has 6 heterocycles. The van der Waals surface area contributed by atoms with Crippen LogP contribution in [0.2, 0.25) is 0 Å². The average Bonchev–Trinajstić information content (AvgIpc) is 0.982. The SMILES string of the molecule is CC(C)(C)C1CCN(C(=O)c2ncccc2C(F)(F)F)CC1.CC(C)(C)CCn1ccc2ccccc21.CC(C)(C)Cc1ccc2c(c1)OCCO2.CC(C)(C)c1ccc(=O)n(CCOc2ccccc2)n1.CC(C)(C)c1ccc(Oc2cccnc2)cc1.CC(C)(C)c1ccc(S(C)(=O)=O)cc1.CCOc1ccc(CC#N)cc1.COc1ccc(CCC(C)(C)C)cc1.COc1ccc(COCC(C)(C)C)cc1. The summed E-state index contributed by atoms with van der Waals surface area (Å²) in [7, 11) is 0.305. The van der Waals surface area contributed by atoms with Crippen molar-refractivity contribution >= 4 is 26.6 Å². The quantitative estimate of drug-likeness (QED) is 0.0653. The Morgan fingerprint density at radius 2 is 1.03 bits per heavy atom. The van der Waals surface area contributed by atoms with Gasteiger partial charge in [0.15, 0.2) is 21.3 Å². The highest BCUT2D eigenvalue weighted by Crippen LogP contribution is 2.39. The third kappa shape index (κ3) is 46.2. The van der Waals surface area contributed by atoms with Crippen molar-refractivity contribution in [3.8, 4) is 52.1 Å². The van der Waals surface area contributed by atoms with E-state index in [2.05, 4.69) is 265 Å². The maximum Gasteiger partial charge on any atom is 0.418 e. The summed E-state index contributed by atoms with van der Waals surface area (Å²) in [5.41, 5.74) is 9.72. The number of hydrogen-bond acceptors (Lipinski definition) is 16. The lowest BCUT2D eigenvalue weighted by molar-refractivity contribution is -0.138. The number of aromatic nitrogens is 5. The Morgan fingerprint density at radius 1 is 0.514 bits per heavy atom. The molecule has 23 heteroatoms. The number of piperidine rings is 1. The number of carbonyl (C=O) groups is 1. The first kappa shape index (κ1) is 120. The van der Waals surface area contributed by atoms with Crippen molar-refractivity contribution in [3.05, 3.63) is 322 Å². The number of halogens is 3. The number of rotatable bonds is 21. The Morgan fingerprint density at radius 3 is 1.55 bits per heavy atom. The second-order valence-electron chi connectivity index (χ2n) is 44.9. The number of nitrogens with zero attached hydrogens (tertiary/aromatic N) is 7. The summed E-state index contributed by atoms with van der Waals surface area (Å²) in [4.78, 5) is 33.7. The van der Waals surface area contributed by atoms with Crippen molar-refractivity contribution in [2.24, 2.45) is 33.0 Å². The molecule has 0 bridgehead atoms. The van der Waals surface area contributed by atoms with Crippen LogP contribution < -0.4 is 38.7 Å². The lowest BCUT2D eigenvalue weighted by Gasteiger charge is -2.38. The molecule has 1 fully saturated rings. The molecule has 2 aliphatic heterocycles. The first-order chi connectivity index (χ1) is 67.3. The molecule has 0 atom stereocenters. The minimum Gasteiger partial charge on any atom is -0.497 e. The summed E-state index contributed by atoms with van der Waals surface area (Å²) < 4.78 is 109. The number of benzene rings is 8. The van der Waals surface area contributed by atoms with Gasteiger partial charge < -0.3 is 47.4 Å². The smallest absolute Gasteiger partial charge is 0.418 e. The Kier molecular flexibility index (Phi) is 47.1. The standard InChI is InChI=1S/C16H21F3N2O.C16H20N2O2.C15H17NO.C14H19N.C13H18O2.C13H20O2.C13H20O.C11H16O2S.C10H11NO/c1-15(2,3)11-6-9-21(10-7-11)14(22)13-12(16(17,18)19)5-4-8-20-13;1-16(2,3)14-9-10-15(19)18(17-14)11-12-20-13-7-5-4-6-8-13;1-15(2,3)12-6-8-13(9-7-12)17-14-5-4-10-16-11-14;1-14(2,3)9-11-15-10-8-12-6-4-5-7-13(12)15;1-13(2,3)9-10-4-5-11-12(8-10)15-7-6-14-11;1-13(2,3)10-15-9-11-5-7-12(14-4)8-6-11;1-13(2,3)10-9-11-5-7-12(14-4)8-6-11;1-11(2,3)9-5-7-10(8-6-9)14(4,12)13;1-2-12-10-5-3-9(4-6-10)7-8-11/h4-5,8,11H,6-7,9-10H2,1-3H3;4-10H,11-12H2,1-3H3;4-11H,1-3H3;4-8,10H,9,11H2,1-3H3;4-5,8H,6-7,9H2,1-3H3;5-8H,9-10H2,1-4H3;5-8H,9-10H2,1-4H3;5-8H,1-4H3;3-6H,2,7H2,1H3. The summed E-state index contributed by atoms with van der Waals surface area (Å²) >= 11 is 0. The predicted octanol–water partition coefficient (Wildman–Crippen LogP) is 29.4. The van der Waals surface area contributed by atoms with E-state index >= 15 is 0 Å². The highest BCUT2D eigenvalue weighted by molar-refractivity contribution is 7.90. The minimum atomic E-state index is -4.57. The number of likely N-dealkylation sites (tertiary alicyclic amines) is 1. The molecule has 14 rings (SSSR count). The van der Waals surface area contributed by atoms with Crippen molar-refractivity contribution in [1.29, 1.82) is 5.26 Å². The van der Waals surface area contributed by atoms with Crippen molar-refractivity contribution in [3.63, 3.8) is 0 Å². The number of aryl methyl sites for hydroxylation is 2. The number of pyridine rings is 2. The van der Waals surface area contributed by atoms with Gasteiger partial charge >= 0.3 is 6.18 Å². The Hall–Kier alpha value is -12.3. The molecule has 0 unspecified atom stereocenters. The van der Waals surface area contributed by atoms with E-state index in [4.69, 9.17) is 43.2 Å². The third-order valence-electron chi connectivity index (χ3n) is 22.9. The number of hydrogen-bond donors (Lipinski definition) is 0. The fourth-order valence-electron chi connectivity index (χ4n) is 14.5. The van der Waals surface area contributed by atoms with Crippen LogP contribution in [0.15, 0.2) is 271 Å². The van der Waals surface area contributed by atoms with Gasteiger partial charge in [0, 0.05) is 61.5 Å². The molecule has 0 N–H and O–H groups in total. The maximum absolute atomic E-state index is 13.0. The summed E-state index contributed by atoms with van der Waals surface area (Å²) in [6.07, 6.45) is 10.2. The van der Waals surface area contributed by atoms with Gasteiger partial charge in [-0.15, -0.1) is 0 Å². The zero-order valence-electron chi connectivity index (χ0n) is 91.0. The van der Waals surface area contributed by atoms with E-state index < -0.39 is 33.2 Å². The number of amides is 1. The van der Waals surface area contributed by atoms with Crippen molar-refractivity contribution in [2.75, 3.05) is 66.6 Å². The number of methoxy groups -OCH3 is 2. The average molecular weight is 2000 g/mol. The van der Waals surface area contributed by atoms with E-state index in [0.717, 1.165) is 108 Å². The molecular weight excluding hydrogens is 1830 g/mol. The van der Waals surface area contributed by atoms with Crippen LogP contribution in [0, 0.1) is 44.3 Å². The molecule has 2 aliphatic rings. The van der Waals surface area contributed by atoms with E-state index in [0.29, 0.717) is 86.1 Å². The normalized spacial score (nSPS) is 12.8. The van der Waals surface area contributed by atoms with Crippen LogP contribution >= 0.6 is 0 Å². The first-order valence-electron chi connectivity index (χ1n) is 49.8. The zero-order valence-corrected chi connectivity index (χ0v) is 91.8. The Bertz CT molecular complexity index is 5980. The van der Waals surface area contributed by atoms with Gasteiger partial charge in [0.1, 0.15) is 60.0 Å². The number of nitriles is 1. The summed E-state index contributed by atoms with van der Waals surface area (Å²) in [6, 6.07) is 77.0. The number of ether oxygens (including phenoxy) is 8. The first-order valence-corrected chi connectivity index (χ1v) is 51.6. The zero-order chi connectivity index (χ0) is 107. The molecular formula is C121H162F3N7O12S. The topological polar surface area (TPSA) is 218 Å². The minimum absolute atomic E-state index is 0.0655. The van der Waals surface area contributed by atoms with E-state index in [1.54, 1.807) is 50.9 Å².